The van der Waals surface area contributed by atoms with Crippen molar-refractivity contribution in [2.75, 3.05) is 50.6 Å². The molecule has 0 fully saturated rings. The van der Waals surface area contributed by atoms with Gasteiger partial charge in [0.25, 0.3) is 0 Å². The average molecular weight is 235 g/mol. The lowest BCUT2D eigenvalue weighted by Gasteiger charge is -2.23. The summed E-state index contributed by atoms with van der Waals surface area (Å²) in [6.07, 6.45) is 1.22. The van der Waals surface area contributed by atoms with E-state index in [-0.39, 0.29) is 0 Å². The fourth-order valence-corrected chi connectivity index (χ4v) is 1.56. The molecule has 0 aromatic heterocycles. The Morgan fingerprint density at radius 1 is 1.12 bits per heavy atom. The first-order valence-corrected chi connectivity index (χ1v) is 5.51. The van der Waals surface area contributed by atoms with Crippen LogP contribution in [0.3, 0.4) is 0 Å². The highest BCUT2D eigenvalue weighted by Gasteiger charge is 2.08. The van der Waals surface area contributed by atoms with E-state index in [2.05, 4.69) is 9.80 Å². The van der Waals surface area contributed by atoms with Crippen LogP contribution in [0, 0.1) is 5.41 Å². The highest BCUT2D eigenvalue weighted by Crippen LogP contribution is 2.27. The third kappa shape index (κ3) is 3.35. The summed E-state index contributed by atoms with van der Waals surface area (Å²) < 4.78 is 0. The zero-order chi connectivity index (χ0) is 13.0. The van der Waals surface area contributed by atoms with E-state index in [1.807, 2.05) is 27.2 Å². The normalized spacial score (nSPS) is 10.6. The van der Waals surface area contributed by atoms with Gasteiger partial charge in [-0.1, -0.05) is 0 Å². The van der Waals surface area contributed by atoms with E-state index in [4.69, 9.17) is 16.9 Å². The summed E-state index contributed by atoms with van der Waals surface area (Å²) in [6.45, 7) is 1.82. The molecule has 1 aromatic carbocycles. The number of nitrogens with zero attached hydrogens (tertiary/aromatic N) is 2. The van der Waals surface area contributed by atoms with Crippen molar-refractivity contribution >= 4 is 23.3 Å². The van der Waals surface area contributed by atoms with Crippen molar-refractivity contribution in [3.05, 3.63) is 17.7 Å². The van der Waals surface area contributed by atoms with Crippen molar-refractivity contribution in [3.63, 3.8) is 0 Å². The Hall–Kier alpha value is -1.75. The third-order valence-corrected chi connectivity index (χ3v) is 2.68. The number of hydrogen-bond acceptors (Lipinski definition) is 5. The van der Waals surface area contributed by atoms with E-state index in [9.17, 15) is 0 Å². The van der Waals surface area contributed by atoms with Crippen LogP contribution in [-0.2, 0) is 0 Å². The van der Waals surface area contributed by atoms with Crippen molar-refractivity contribution in [2.45, 2.75) is 0 Å². The maximum absolute atomic E-state index is 7.22. The van der Waals surface area contributed by atoms with E-state index in [1.54, 1.807) is 6.07 Å². The van der Waals surface area contributed by atoms with E-state index in [0.717, 1.165) is 18.8 Å². The van der Waals surface area contributed by atoms with Crippen LogP contribution in [0.2, 0.25) is 0 Å². The summed E-state index contributed by atoms with van der Waals surface area (Å²) in [6, 6.07) is 3.56. The smallest absolute Gasteiger partial charge is 0.0618 e. The largest absolute Gasteiger partial charge is 0.398 e. The number of likely N-dealkylation sites (N-methyl/N-ethyl adjacent to an activating group) is 2. The minimum absolute atomic E-state index is 0.584. The third-order valence-electron chi connectivity index (χ3n) is 2.68. The highest BCUT2D eigenvalue weighted by atomic mass is 15.2. The predicted molar refractivity (Wildman–Crippen MR) is 75.0 cm³/mol. The average Bonchev–Trinajstić information content (AvgIpc) is 2.28. The molecule has 94 valence electrons. The van der Waals surface area contributed by atoms with Gasteiger partial charge in [-0.05, 0) is 26.2 Å². The van der Waals surface area contributed by atoms with Gasteiger partial charge in [0.2, 0.25) is 0 Å². The SMILES string of the molecule is CN(C)CCN(C)c1cc(N)c(C=N)cc1N. The summed E-state index contributed by atoms with van der Waals surface area (Å²) in [5.41, 5.74) is 14.6. The fourth-order valence-electron chi connectivity index (χ4n) is 1.56. The second-order valence-corrected chi connectivity index (χ2v) is 4.41. The fraction of sp³-hybridized carbons (Fsp3) is 0.417. The summed E-state index contributed by atoms with van der Waals surface area (Å²) in [4.78, 5) is 4.18. The van der Waals surface area contributed by atoms with Crippen LogP contribution in [0.5, 0.6) is 0 Å². The highest BCUT2D eigenvalue weighted by molar-refractivity contribution is 5.90. The van der Waals surface area contributed by atoms with Crippen LogP contribution >= 0.6 is 0 Å². The number of nitrogen functional groups attached to an aromatic ring is 2. The first kappa shape index (κ1) is 13.3. The van der Waals surface area contributed by atoms with Gasteiger partial charge >= 0.3 is 0 Å². The van der Waals surface area contributed by atoms with Crippen molar-refractivity contribution in [1.82, 2.24) is 4.90 Å². The minimum atomic E-state index is 0.584. The predicted octanol–water partition coefficient (Wildman–Crippen LogP) is 0.846. The number of benzene rings is 1. The Labute approximate surface area is 103 Å². The molecule has 1 aromatic rings. The number of rotatable bonds is 5. The van der Waals surface area contributed by atoms with Gasteiger partial charge in [-0.15, -0.1) is 0 Å². The minimum Gasteiger partial charge on any atom is -0.398 e. The van der Waals surface area contributed by atoms with Gasteiger partial charge in [-0.2, -0.15) is 0 Å². The number of nitrogens with two attached hydrogens (primary N) is 2. The quantitative estimate of drug-likeness (QED) is 0.522. The Morgan fingerprint density at radius 3 is 2.29 bits per heavy atom. The zero-order valence-electron chi connectivity index (χ0n) is 10.7. The van der Waals surface area contributed by atoms with Gasteiger partial charge in [0.1, 0.15) is 0 Å². The van der Waals surface area contributed by atoms with E-state index >= 15 is 0 Å². The van der Waals surface area contributed by atoms with Crippen molar-refractivity contribution in [1.29, 1.82) is 5.41 Å². The Balaban J connectivity index is 2.90. The van der Waals surface area contributed by atoms with Crippen LogP contribution in [-0.4, -0.2) is 45.3 Å². The molecule has 0 saturated carbocycles. The van der Waals surface area contributed by atoms with Gasteiger partial charge in [-0.3, -0.25) is 0 Å². The summed E-state index contributed by atoms with van der Waals surface area (Å²) in [7, 11) is 6.05. The lowest BCUT2D eigenvalue weighted by Crippen LogP contribution is -2.29. The van der Waals surface area contributed by atoms with Crippen LogP contribution in [0.25, 0.3) is 0 Å². The molecule has 0 bridgehead atoms. The molecule has 0 heterocycles. The van der Waals surface area contributed by atoms with E-state index < -0.39 is 0 Å². The molecule has 1 rings (SSSR count). The molecule has 0 aliphatic rings. The standard InChI is InChI=1S/C12H21N5/c1-16(2)4-5-17(3)12-7-10(14)9(8-13)6-11(12)15/h6-8,13H,4-5,14-15H2,1-3H3. The molecule has 0 amide bonds. The molecule has 5 heteroatoms. The topological polar surface area (TPSA) is 82.4 Å². The summed E-state index contributed by atoms with van der Waals surface area (Å²) in [5, 5.41) is 7.22. The van der Waals surface area contributed by atoms with Gasteiger partial charge in [0, 0.05) is 37.6 Å². The second-order valence-electron chi connectivity index (χ2n) is 4.41. The molecule has 17 heavy (non-hydrogen) atoms. The molecule has 0 aliphatic heterocycles. The van der Waals surface area contributed by atoms with Crippen LogP contribution < -0.4 is 16.4 Å². The number of hydrogen-bond donors (Lipinski definition) is 3. The maximum Gasteiger partial charge on any atom is 0.0618 e. The zero-order valence-corrected chi connectivity index (χ0v) is 10.7. The number of anilines is 3. The van der Waals surface area contributed by atoms with Crippen LogP contribution in [0.4, 0.5) is 17.1 Å². The summed E-state index contributed by atoms with van der Waals surface area (Å²) in [5.74, 6) is 0. The molecule has 0 unspecified atom stereocenters. The van der Waals surface area contributed by atoms with E-state index in [1.165, 1.54) is 6.21 Å². The van der Waals surface area contributed by atoms with Crippen molar-refractivity contribution in [3.8, 4) is 0 Å². The first-order valence-electron chi connectivity index (χ1n) is 5.51. The summed E-state index contributed by atoms with van der Waals surface area (Å²) >= 11 is 0. The molecule has 0 atom stereocenters. The number of nitrogens with one attached hydrogen (secondary N) is 1. The molecular weight excluding hydrogens is 214 g/mol. The molecule has 0 saturated heterocycles. The molecule has 0 aliphatic carbocycles. The monoisotopic (exact) mass is 235 g/mol. The molecule has 5 nitrogen and oxygen atoms in total. The van der Waals surface area contributed by atoms with Gasteiger partial charge < -0.3 is 26.7 Å². The van der Waals surface area contributed by atoms with E-state index in [0.29, 0.717) is 16.9 Å². The molecule has 5 N–H and O–H groups in total. The Kier molecular flexibility index (Phi) is 4.34. The van der Waals surface area contributed by atoms with Gasteiger partial charge in [-0.25, -0.2) is 0 Å². The van der Waals surface area contributed by atoms with Crippen LogP contribution in [0.15, 0.2) is 12.1 Å². The molecule has 0 radical (unpaired) electrons. The Morgan fingerprint density at radius 2 is 1.76 bits per heavy atom. The second kappa shape index (κ2) is 5.54. The molecular formula is C12H21N5. The van der Waals surface area contributed by atoms with Gasteiger partial charge in [0.15, 0.2) is 0 Å². The Bertz CT molecular complexity index is 400. The molecule has 0 spiro atoms. The van der Waals surface area contributed by atoms with Crippen molar-refractivity contribution in [2.24, 2.45) is 0 Å². The lowest BCUT2D eigenvalue weighted by molar-refractivity contribution is 0.416. The van der Waals surface area contributed by atoms with Crippen molar-refractivity contribution < 1.29 is 0 Å². The lowest BCUT2D eigenvalue weighted by atomic mass is 10.1. The maximum atomic E-state index is 7.22. The first-order chi connectivity index (χ1) is 7.95. The van der Waals surface area contributed by atoms with Crippen LogP contribution in [0.1, 0.15) is 5.56 Å². The van der Waals surface area contributed by atoms with Gasteiger partial charge in [0.05, 0.1) is 11.4 Å².